The monoisotopic (exact) mass is 327 g/mol. The quantitative estimate of drug-likeness (QED) is 0.935. The molecule has 24 heavy (non-hydrogen) atoms. The van der Waals surface area contributed by atoms with Crippen LogP contribution in [0.15, 0.2) is 18.2 Å². The minimum absolute atomic E-state index is 0.152. The summed E-state index contributed by atoms with van der Waals surface area (Å²) in [6, 6.07) is 5.75. The highest BCUT2D eigenvalue weighted by molar-refractivity contribution is 6.07. The lowest BCUT2D eigenvalue weighted by Crippen LogP contribution is -2.35. The largest absolute Gasteiger partial charge is 0.448 e. The molecule has 1 N–H and O–H groups in total. The molecule has 1 fully saturated rings. The van der Waals surface area contributed by atoms with E-state index in [1.54, 1.807) is 11.0 Å². The van der Waals surface area contributed by atoms with Crippen LogP contribution in [0, 0.1) is 20.8 Å². The standard InChI is InChI=1S/C18H21N3O3/c1-11-4-5-14-15(10-12(2)20-16(14)13(11)3)17(22)19-6-7-21-8-9-24-18(21)23/h4-5,10H,6-9H2,1-3H3,(H,19,22). The second kappa shape index (κ2) is 6.47. The summed E-state index contributed by atoms with van der Waals surface area (Å²) in [5.41, 5.74) is 4.53. The molecule has 0 aliphatic carbocycles. The predicted octanol–water partition coefficient (Wildman–Crippen LogP) is 2.34. The van der Waals surface area contributed by atoms with Crippen LogP contribution in [-0.4, -0.2) is 48.1 Å². The summed E-state index contributed by atoms with van der Waals surface area (Å²) in [5.74, 6) is -0.152. The van der Waals surface area contributed by atoms with E-state index in [9.17, 15) is 9.59 Å². The zero-order valence-electron chi connectivity index (χ0n) is 14.2. The van der Waals surface area contributed by atoms with Gasteiger partial charge >= 0.3 is 6.09 Å². The molecule has 1 aromatic heterocycles. The summed E-state index contributed by atoms with van der Waals surface area (Å²) < 4.78 is 4.87. The summed E-state index contributed by atoms with van der Waals surface area (Å²) in [6.45, 7) is 7.77. The molecule has 6 heteroatoms. The number of fused-ring (bicyclic) bond motifs is 1. The molecule has 0 unspecified atom stereocenters. The van der Waals surface area contributed by atoms with Gasteiger partial charge in [-0.3, -0.25) is 9.78 Å². The van der Waals surface area contributed by atoms with E-state index in [0.29, 0.717) is 31.8 Å². The Bertz CT molecular complexity index is 817. The van der Waals surface area contributed by atoms with Crippen LogP contribution in [0.2, 0.25) is 0 Å². The molecule has 2 heterocycles. The van der Waals surface area contributed by atoms with Gasteiger partial charge in [0.15, 0.2) is 0 Å². The summed E-state index contributed by atoms with van der Waals surface area (Å²) in [4.78, 5) is 30.2. The van der Waals surface area contributed by atoms with E-state index in [4.69, 9.17) is 4.74 Å². The second-order valence-corrected chi connectivity index (χ2v) is 6.07. The molecule has 1 aliphatic heterocycles. The Kier molecular flexibility index (Phi) is 4.38. The normalized spacial score (nSPS) is 14.1. The molecule has 0 radical (unpaired) electrons. The third-order valence-corrected chi connectivity index (χ3v) is 4.39. The second-order valence-electron chi connectivity index (χ2n) is 6.07. The third-order valence-electron chi connectivity index (χ3n) is 4.39. The van der Waals surface area contributed by atoms with Crippen molar-refractivity contribution in [3.8, 4) is 0 Å². The van der Waals surface area contributed by atoms with Crippen molar-refractivity contribution in [1.82, 2.24) is 15.2 Å². The Balaban J connectivity index is 1.79. The lowest BCUT2D eigenvalue weighted by atomic mass is 10.0. The van der Waals surface area contributed by atoms with E-state index in [0.717, 1.165) is 27.7 Å². The first-order valence-corrected chi connectivity index (χ1v) is 8.05. The van der Waals surface area contributed by atoms with Crippen molar-refractivity contribution < 1.29 is 14.3 Å². The first kappa shape index (κ1) is 16.2. The number of nitrogens with one attached hydrogen (secondary N) is 1. The maximum atomic E-state index is 12.6. The number of nitrogens with zero attached hydrogens (tertiary/aromatic N) is 2. The fraction of sp³-hybridized carbons (Fsp3) is 0.389. The van der Waals surface area contributed by atoms with Crippen molar-refractivity contribution in [2.75, 3.05) is 26.2 Å². The Labute approximate surface area is 140 Å². The molecule has 0 atom stereocenters. The first-order valence-electron chi connectivity index (χ1n) is 8.05. The molecular weight excluding hydrogens is 306 g/mol. The Morgan fingerprint density at radius 3 is 2.83 bits per heavy atom. The number of benzene rings is 1. The Morgan fingerprint density at radius 2 is 2.12 bits per heavy atom. The average Bonchev–Trinajstić information content (AvgIpc) is 2.96. The van der Waals surface area contributed by atoms with Crippen molar-refractivity contribution in [2.24, 2.45) is 0 Å². The molecule has 1 aliphatic rings. The van der Waals surface area contributed by atoms with Gasteiger partial charge in [0, 0.05) is 24.2 Å². The van der Waals surface area contributed by atoms with Crippen LogP contribution < -0.4 is 5.32 Å². The topological polar surface area (TPSA) is 71.5 Å². The minimum atomic E-state index is -0.319. The van der Waals surface area contributed by atoms with Crippen LogP contribution in [-0.2, 0) is 4.74 Å². The van der Waals surface area contributed by atoms with Crippen molar-refractivity contribution in [3.63, 3.8) is 0 Å². The van der Waals surface area contributed by atoms with E-state index < -0.39 is 0 Å². The zero-order chi connectivity index (χ0) is 17.3. The summed E-state index contributed by atoms with van der Waals surface area (Å²) >= 11 is 0. The lowest BCUT2D eigenvalue weighted by molar-refractivity contribution is 0.0950. The maximum absolute atomic E-state index is 12.6. The highest BCUT2D eigenvalue weighted by Gasteiger charge is 2.21. The minimum Gasteiger partial charge on any atom is -0.448 e. The SMILES string of the molecule is Cc1cc(C(=O)NCCN2CCOC2=O)c2ccc(C)c(C)c2n1. The summed E-state index contributed by atoms with van der Waals surface area (Å²) in [6.07, 6.45) is -0.319. The molecule has 3 rings (SSSR count). The number of pyridine rings is 1. The number of ether oxygens (including phenoxy) is 1. The van der Waals surface area contributed by atoms with Gasteiger partial charge < -0.3 is 15.0 Å². The van der Waals surface area contributed by atoms with E-state index >= 15 is 0 Å². The number of hydrogen-bond donors (Lipinski definition) is 1. The van der Waals surface area contributed by atoms with E-state index in [-0.39, 0.29) is 12.0 Å². The summed E-state index contributed by atoms with van der Waals surface area (Å²) in [7, 11) is 0. The predicted molar refractivity (Wildman–Crippen MR) is 91.2 cm³/mol. The molecular formula is C18H21N3O3. The Hall–Kier alpha value is -2.63. The van der Waals surface area contributed by atoms with Gasteiger partial charge in [-0.2, -0.15) is 0 Å². The van der Waals surface area contributed by atoms with Crippen molar-refractivity contribution in [2.45, 2.75) is 20.8 Å². The number of aryl methyl sites for hydroxylation is 3. The summed E-state index contributed by atoms with van der Waals surface area (Å²) in [5, 5.41) is 3.73. The number of carbonyl (C=O) groups is 2. The van der Waals surface area contributed by atoms with Crippen LogP contribution in [0.5, 0.6) is 0 Å². The highest BCUT2D eigenvalue weighted by atomic mass is 16.6. The lowest BCUT2D eigenvalue weighted by Gasteiger charge is -2.14. The molecule has 0 saturated carbocycles. The average molecular weight is 327 g/mol. The van der Waals surface area contributed by atoms with Gasteiger partial charge in [0.05, 0.1) is 17.6 Å². The van der Waals surface area contributed by atoms with Crippen molar-refractivity contribution in [1.29, 1.82) is 0 Å². The molecule has 0 bridgehead atoms. The number of amides is 2. The number of cyclic esters (lactones) is 1. The third kappa shape index (κ3) is 3.04. The van der Waals surface area contributed by atoms with Crippen LogP contribution in [0.1, 0.15) is 27.2 Å². The number of carbonyl (C=O) groups excluding carboxylic acids is 2. The maximum Gasteiger partial charge on any atom is 0.409 e. The van der Waals surface area contributed by atoms with E-state index in [1.165, 1.54) is 0 Å². The van der Waals surface area contributed by atoms with E-state index in [2.05, 4.69) is 10.3 Å². The fourth-order valence-electron chi connectivity index (χ4n) is 2.87. The van der Waals surface area contributed by atoms with Crippen LogP contribution in [0.25, 0.3) is 10.9 Å². The smallest absolute Gasteiger partial charge is 0.409 e. The van der Waals surface area contributed by atoms with Crippen LogP contribution in [0.3, 0.4) is 0 Å². The van der Waals surface area contributed by atoms with E-state index in [1.807, 2.05) is 32.9 Å². The number of aromatic nitrogens is 1. The van der Waals surface area contributed by atoms with Crippen LogP contribution >= 0.6 is 0 Å². The van der Waals surface area contributed by atoms with Crippen molar-refractivity contribution >= 4 is 22.9 Å². The van der Waals surface area contributed by atoms with Gasteiger partial charge in [-0.25, -0.2) is 4.79 Å². The number of rotatable bonds is 4. The van der Waals surface area contributed by atoms with Gasteiger partial charge in [-0.1, -0.05) is 12.1 Å². The van der Waals surface area contributed by atoms with Gasteiger partial charge in [-0.05, 0) is 38.0 Å². The number of hydrogen-bond acceptors (Lipinski definition) is 4. The first-order chi connectivity index (χ1) is 11.5. The van der Waals surface area contributed by atoms with Crippen LogP contribution in [0.4, 0.5) is 4.79 Å². The Morgan fingerprint density at radius 1 is 1.33 bits per heavy atom. The molecule has 1 saturated heterocycles. The molecule has 1 aromatic carbocycles. The van der Waals surface area contributed by atoms with Gasteiger partial charge in [-0.15, -0.1) is 0 Å². The molecule has 6 nitrogen and oxygen atoms in total. The van der Waals surface area contributed by atoms with Gasteiger partial charge in [0.2, 0.25) is 0 Å². The molecule has 2 amide bonds. The molecule has 0 spiro atoms. The zero-order valence-corrected chi connectivity index (χ0v) is 14.2. The fourth-order valence-corrected chi connectivity index (χ4v) is 2.87. The highest BCUT2D eigenvalue weighted by Crippen LogP contribution is 2.23. The molecule has 2 aromatic rings. The molecule has 126 valence electrons. The van der Waals surface area contributed by atoms with Gasteiger partial charge in [0.1, 0.15) is 6.61 Å². The van der Waals surface area contributed by atoms with Gasteiger partial charge in [0.25, 0.3) is 5.91 Å². The van der Waals surface area contributed by atoms with Crippen molar-refractivity contribution in [3.05, 3.63) is 40.6 Å².